The smallest absolute Gasteiger partial charge is 0.367 e. The Morgan fingerprint density at radius 1 is 1.08 bits per heavy atom. The molecule has 126 valence electrons. The molecule has 4 rings (SSSR count). The van der Waals surface area contributed by atoms with Gasteiger partial charge in [-0.1, -0.05) is 30.3 Å². The van der Waals surface area contributed by atoms with E-state index < -0.39 is 17.5 Å². The van der Waals surface area contributed by atoms with Crippen molar-refractivity contribution >= 4 is 5.82 Å². The Labute approximate surface area is 138 Å². The molecule has 1 aromatic heterocycles. The topological polar surface area (TPSA) is 25.4 Å². The number of hydrogen-bond donors (Lipinski definition) is 0. The van der Waals surface area contributed by atoms with E-state index in [9.17, 15) is 13.2 Å². The number of benzene rings is 1. The molecule has 1 unspecified atom stereocenters. The first-order valence-electron chi connectivity index (χ1n) is 8.00. The van der Waals surface area contributed by atoms with E-state index in [-0.39, 0.29) is 0 Å². The number of alkyl halides is 3. The molecule has 1 fully saturated rings. The molecule has 1 aliphatic carbocycles. The zero-order valence-electron chi connectivity index (χ0n) is 13.0. The maximum absolute atomic E-state index is 12.9. The molecule has 6 heteroatoms. The lowest BCUT2D eigenvalue weighted by Gasteiger charge is -2.41. The van der Waals surface area contributed by atoms with Crippen LogP contribution >= 0.6 is 0 Å². The van der Waals surface area contributed by atoms with Gasteiger partial charge in [0.1, 0.15) is 17.1 Å². The zero-order chi connectivity index (χ0) is 16.8. The molecule has 1 saturated heterocycles. The van der Waals surface area contributed by atoms with Crippen LogP contribution < -0.4 is 4.90 Å². The third-order valence-electron chi connectivity index (χ3n) is 4.84. The number of hydrogen-bond acceptors (Lipinski definition) is 3. The van der Waals surface area contributed by atoms with Crippen LogP contribution in [-0.4, -0.2) is 24.7 Å². The Morgan fingerprint density at radius 2 is 1.92 bits per heavy atom. The number of pyridine rings is 1. The number of aromatic nitrogens is 1. The number of nitrogens with zero attached hydrogens (tertiary/aromatic N) is 2. The van der Waals surface area contributed by atoms with Crippen molar-refractivity contribution in [2.45, 2.75) is 24.6 Å². The summed E-state index contributed by atoms with van der Waals surface area (Å²) in [5.74, 6) is 0.358. The minimum atomic E-state index is -4.43. The molecule has 1 atom stereocenters. The normalized spacial score (nSPS) is 23.5. The van der Waals surface area contributed by atoms with Gasteiger partial charge in [0, 0.05) is 6.54 Å². The SMILES string of the molecule is FC(F)(F)c1cccc(N2CCOC3(CCc4ccccc43)C2)n1. The van der Waals surface area contributed by atoms with Gasteiger partial charge in [-0.3, -0.25) is 0 Å². The van der Waals surface area contributed by atoms with Crippen LogP contribution in [0.25, 0.3) is 0 Å². The minimum Gasteiger partial charge on any atom is -0.367 e. The summed E-state index contributed by atoms with van der Waals surface area (Å²) in [6.45, 7) is 1.54. The Kier molecular flexibility index (Phi) is 3.53. The predicted octanol–water partition coefficient (Wildman–Crippen LogP) is 3.78. The Balaban J connectivity index is 1.65. The van der Waals surface area contributed by atoms with E-state index in [2.05, 4.69) is 17.1 Å². The summed E-state index contributed by atoms with van der Waals surface area (Å²) in [6.07, 6.45) is -2.65. The number of aryl methyl sites for hydroxylation is 1. The van der Waals surface area contributed by atoms with Crippen molar-refractivity contribution < 1.29 is 17.9 Å². The highest BCUT2D eigenvalue weighted by Crippen LogP contribution is 2.43. The van der Waals surface area contributed by atoms with Crippen LogP contribution in [0.5, 0.6) is 0 Å². The molecule has 0 N–H and O–H groups in total. The summed E-state index contributed by atoms with van der Waals surface area (Å²) in [6, 6.07) is 12.2. The number of halogens is 3. The number of rotatable bonds is 1. The van der Waals surface area contributed by atoms with Crippen molar-refractivity contribution in [1.29, 1.82) is 0 Å². The highest BCUT2D eigenvalue weighted by molar-refractivity contribution is 5.45. The molecule has 3 nitrogen and oxygen atoms in total. The van der Waals surface area contributed by atoms with Gasteiger partial charge < -0.3 is 9.64 Å². The third kappa shape index (κ3) is 2.55. The van der Waals surface area contributed by atoms with Crippen LogP contribution in [0.3, 0.4) is 0 Å². The molecule has 0 radical (unpaired) electrons. The second kappa shape index (κ2) is 5.48. The fourth-order valence-corrected chi connectivity index (χ4v) is 3.71. The maximum Gasteiger partial charge on any atom is 0.433 e. The second-order valence-electron chi connectivity index (χ2n) is 6.30. The van der Waals surface area contributed by atoms with Gasteiger partial charge in [-0.25, -0.2) is 4.98 Å². The lowest BCUT2D eigenvalue weighted by Crippen LogP contribution is -2.49. The molecule has 0 bridgehead atoms. The van der Waals surface area contributed by atoms with Crippen LogP contribution in [-0.2, 0) is 22.9 Å². The summed E-state index contributed by atoms with van der Waals surface area (Å²) >= 11 is 0. The fourth-order valence-electron chi connectivity index (χ4n) is 3.71. The van der Waals surface area contributed by atoms with Gasteiger partial charge in [-0.2, -0.15) is 13.2 Å². The quantitative estimate of drug-likeness (QED) is 0.794. The van der Waals surface area contributed by atoms with Crippen LogP contribution in [0, 0.1) is 0 Å². The molecule has 1 aromatic carbocycles. The Hall–Kier alpha value is -2.08. The molecule has 1 aliphatic heterocycles. The van der Waals surface area contributed by atoms with Gasteiger partial charge in [-0.05, 0) is 36.1 Å². The molecule has 0 saturated carbocycles. The van der Waals surface area contributed by atoms with Gasteiger partial charge in [0.05, 0.1) is 13.2 Å². The van der Waals surface area contributed by atoms with Crippen LogP contribution in [0.15, 0.2) is 42.5 Å². The van der Waals surface area contributed by atoms with Crippen molar-refractivity contribution in [2.24, 2.45) is 0 Å². The molecule has 1 spiro atoms. The second-order valence-corrected chi connectivity index (χ2v) is 6.30. The number of anilines is 1. The first-order chi connectivity index (χ1) is 11.5. The van der Waals surface area contributed by atoms with Crippen LogP contribution in [0.1, 0.15) is 23.2 Å². The summed E-state index contributed by atoms with van der Waals surface area (Å²) in [5, 5.41) is 0. The van der Waals surface area contributed by atoms with E-state index >= 15 is 0 Å². The summed E-state index contributed by atoms with van der Waals surface area (Å²) in [4.78, 5) is 5.73. The van der Waals surface area contributed by atoms with Gasteiger partial charge in [0.2, 0.25) is 0 Å². The van der Waals surface area contributed by atoms with E-state index in [1.54, 1.807) is 6.07 Å². The lowest BCUT2D eigenvalue weighted by molar-refractivity contribution is -0.141. The van der Waals surface area contributed by atoms with E-state index in [1.807, 2.05) is 17.0 Å². The fraction of sp³-hybridized carbons (Fsp3) is 0.389. The average Bonchev–Trinajstić information content (AvgIpc) is 2.93. The standard InChI is InChI=1S/C18H17F3N2O/c19-18(20,21)15-6-3-7-16(22-15)23-10-11-24-17(12-23)9-8-13-4-1-2-5-14(13)17/h1-7H,8-12H2. The van der Waals surface area contributed by atoms with Crippen molar-refractivity contribution in [3.63, 3.8) is 0 Å². The van der Waals surface area contributed by atoms with Crippen LogP contribution in [0.4, 0.5) is 19.0 Å². The number of ether oxygens (including phenoxy) is 1. The van der Waals surface area contributed by atoms with Crippen molar-refractivity contribution in [3.05, 3.63) is 59.3 Å². The van der Waals surface area contributed by atoms with Gasteiger partial charge >= 0.3 is 6.18 Å². The first kappa shape index (κ1) is 15.4. The van der Waals surface area contributed by atoms with E-state index in [4.69, 9.17) is 4.74 Å². The molecule has 2 aliphatic rings. The molecular formula is C18H17F3N2O. The van der Waals surface area contributed by atoms with Crippen molar-refractivity contribution in [1.82, 2.24) is 4.98 Å². The number of fused-ring (bicyclic) bond motifs is 2. The molecule has 24 heavy (non-hydrogen) atoms. The van der Waals surface area contributed by atoms with Gasteiger partial charge in [0.25, 0.3) is 0 Å². The van der Waals surface area contributed by atoms with E-state index in [1.165, 1.54) is 11.6 Å². The highest BCUT2D eigenvalue weighted by Gasteiger charge is 2.43. The third-order valence-corrected chi connectivity index (χ3v) is 4.84. The Morgan fingerprint density at radius 3 is 2.75 bits per heavy atom. The summed E-state index contributed by atoms with van der Waals surface area (Å²) in [7, 11) is 0. The largest absolute Gasteiger partial charge is 0.433 e. The van der Waals surface area contributed by atoms with E-state index in [0.29, 0.717) is 25.5 Å². The summed E-state index contributed by atoms with van der Waals surface area (Å²) < 4.78 is 44.9. The predicted molar refractivity (Wildman–Crippen MR) is 83.8 cm³/mol. The van der Waals surface area contributed by atoms with Crippen molar-refractivity contribution in [2.75, 3.05) is 24.6 Å². The lowest BCUT2D eigenvalue weighted by atomic mass is 9.93. The number of morpholine rings is 1. The summed E-state index contributed by atoms with van der Waals surface area (Å²) in [5.41, 5.74) is 1.12. The maximum atomic E-state index is 12.9. The first-order valence-corrected chi connectivity index (χ1v) is 8.00. The monoisotopic (exact) mass is 334 g/mol. The van der Waals surface area contributed by atoms with E-state index in [0.717, 1.165) is 24.5 Å². The van der Waals surface area contributed by atoms with Crippen molar-refractivity contribution in [3.8, 4) is 0 Å². The molecule has 2 aromatic rings. The molecular weight excluding hydrogens is 317 g/mol. The zero-order valence-corrected chi connectivity index (χ0v) is 13.0. The average molecular weight is 334 g/mol. The Bertz CT molecular complexity index is 758. The minimum absolute atomic E-state index is 0.358. The van der Waals surface area contributed by atoms with Gasteiger partial charge in [0.15, 0.2) is 0 Å². The van der Waals surface area contributed by atoms with Crippen LogP contribution in [0.2, 0.25) is 0 Å². The van der Waals surface area contributed by atoms with Gasteiger partial charge in [-0.15, -0.1) is 0 Å². The molecule has 0 amide bonds. The highest BCUT2D eigenvalue weighted by atomic mass is 19.4. The molecule has 2 heterocycles.